The predicted molar refractivity (Wildman–Crippen MR) is 158 cm³/mol. The van der Waals surface area contributed by atoms with Gasteiger partial charge >= 0.3 is 11.9 Å². The van der Waals surface area contributed by atoms with Crippen LogP contribution in [0.25, 0.3) is 0 Å². The molecule has 0 bridgehead atoms. The lowest BCUT2D eigenvalue weighted by Crippen LogP contribution is -2.13. The quantitative estimate of drug-likeness (QED) is 0.0878. The Labute approximate surface area is 233 Å². The average molecular weight is 532 g/mol. The van der Waals surface area contributed by atoms with Gasteiger partial charge in [-0.3, -0.25) is 0 Å². The van der Waals surface area contributed by atoms with Gasteiger partial charge < -0.3 is 9.47 Å². The van der Waals surface area contributed by atoms with Gasteiger partial charge in [0.05, 0.1) is 13.2 Å². The summed E-state index contributed by atoms with van der Waals surface area (Å²) in [7, 11) is 0. The monoisotopic (exact) mass is 531 g/mol. The third-order valence-corrected chi connectivity index (χ3v) is 7.13. The second-order valence-corrected chi connectivity index (χ2v) is 10.8. The normalized spacial score (nSPS) is 11.0. The Hall–Kier alpha value is -1.91. The number of carbonyl (C=O) groups is 2. The molecular formula is C33H57NO4. The zero-order chi connectivity index (χ0) is 27.5. The highest BCUT2D eigenvalue weighted by Gasteiger charge is 2.14. The molecule has 0 radical (unpaired) electrons. The molecule has 0 N–H and O–H groups in total. The van der Waals surface area contributed by atoms with Gasteiger partial charge in [-0.2, -0.15) is 0 Å². The van der Waals surface area contributed by atoms with E-state index in [1.54, 1.807) is 18.2 Å². The second-order valence-electron chi connectivity index (χ2n) is 10.8. The summed E-state index contributed by atoms with van der Waals surface area (Å²) >= 11 is 0. The molecule has 1 aromatic heterocycles. The number of hydrogen-bond donors (Lipinski definition) is 0. The largest absolute Gasteiger partial charge is 0.461 e. The molecule has 218 valence electrons. The molecule has 0 spiro atoms. The van der Waals surface area contributed by atoms with Crippen LogP contribution in [-0.2, 0) is 9.47 Å². The van der Waals surface area contributed by atoms with E-state index in [9.17, 15) is 9.59 Å². The highest BCUT2D eigenvalue weighted by atomic mass is 16.5. The highest BCUT2D eigenvalue weighted by molar-refractivity contribution is 5.91. The Morgan fingerprint density at radius 2 is 0.789 bits per heavy atom. The first-order chi connectivity index (χ1) is 18.7. The molecule has 0 aliphatic heterocycles. The SMILES string of the molecule is CCCCCCCCCCCCCOC(=O)c1cccc(C(=O)OCCCCCCCCCCCCC)n1. The third kappa shape index (κ3) is 19.2. The standard InChI is InChI=1S/C33H57NO4/c1-3-5-7-9-11-13-15-17-19-21-23-28-37-32(35)30-26-25-27-31(34-30)33(36)38-29-24-22-20-18-16-14-12-10-8-6-4-2/h25-27H,3-24,28-29H2,1-2H3. The summed E-state index contributed by atoms with van der Waals surface area (Å²) in [5, 5.41) is 0. The Morgan fingerprint density at radius 1 is 0.500 bits per heavy atom. The number of esters is 2. The molecule has 0 amide bonds. The van der Waals surface area contributed by atoms with E-state index < -0.39 is 11.9 Å². The summed E-state index contributed by atoms with van der Waals surface area (Å²) < 4.78 is 10.7. The minimum atomic E-state index is -0.475. The maximum absolute atomic E-state index is 12.3. The van der Waals surface area contributed by atoms with Crippen molar-refractivity contribution in [3.63, 3.8) is 0 Å². The number of hydrogen-bond acceptors (Lipinski definition) is 5. The molecule has 0 unspecified atom stereocenters. The molecule has 0 aliphatic rings. The highest BCUT2D eigenvalue weighted by Crippen LogP contribution is 2.13. The fraction of sp³-hybridized carbons (Fsp3) is 0.788. The smallest absolute Gasteiger partial charge is 0.356 e. The van der Waals surface area contributed by atoms with E-state index in [0.29, 0.717) is 13.2 Å². The van der Waals surface area contributed by atoms with Crippen molar-refractivity contribution in [3.8, 4) is 0 Å². The van der Waals surface area contributed by atoms with Crippen LogP contribution in [0.1, 0.15) is 176 Å². The van der Waals surface area contributed by atoms with Crippen LogP contribution in [0.3, 0.4) is 0 Å². The summed E-state index contributed by atoms with van der Waals surface area (Å²) in [5.74, 6) is -0.950. The molecule has 0 aromatic carbocycles. The first kappa shape index (κ1) is 34.1. The van der Waals surface area contributed by atoms with E-state index in [1.165, 1.54) is 116 Å². The number of nitrogens with zero attached hydrogens (tertiary/aromatic N) is 1. The van der Waals surface area contributed by atoms with Crippen molar-refractivity contribution in [2.45, 2.75) is 155 Å². The molecule has 0 saturated carbocycles. The number of carbonyl (C=O) groups excluding carboxylic acids is 2. The van der Waals surface area contributed by atoms with Crippen LogP contribution in [0.4, 0.5) is 0 Å². The number of ether oxygens (including phenoxy) is 2. The molecule has 0 fully saturated rings. The molecule has 1 rings (SSSR count). The Bertz CT molecular complexity index is 651. The molecule has 0 saturated heterocycles. The zero-order valence-electron chi connectivity index (χ0n) is 24.8. The lowest BCUT2D eigenvalue weighted by molar-refractivity contribution is 0.0482. The van der Waals surface area contributed by atoms with Gasteiger partial charge in [0.15, 0.2) is 0 Å². The van der Waals surface area contributed by atoms with Crippen LogP contribution in [0.15, 0.2) is 18.2 Å². The first-order valence-corrected chi connectivity index (χ1v) is 16.0. The summed E-state index contributed by atoms with van der Waals surface area (Å²) in [6.45, 7) is 5.29. The minimum absolute atomic E-state index is 0.164. The van der Waals surface area contributed by atoms with Crippen molar-refractivity contribution < 1.29 is 19.1 Å². The molecule has 0 aliphatic carbocycles. The summed E-state index contributed by atoms with van der Waals surface area (Å²) in [4.78, 5) is 28.8. The minimum Gasteiger partial charge on any atom is -0.461 e. The first-order valence-electron chi connectivity index (χ1n) is 16.0. The van der Waals surface area contributed by atoms with Gasteiger partial charge in [-0.1, -0.05) is 148 Å². The molecule has 0 atom stereocenters. The van der Waals surface area contributed by atoms with Crippen molar-refractivity contribution >= 4 is 11.9 Å². The molecular weight excluding hydrogens is 474 g/mol. The van der Waals surface area contributed by atoms with Crippen LogP contribution in [0, 0.1) is 0 Å². The van der Waals surface area contributed by atoms with E-state index in [0.717, 1.165) is 25.7 Å². The Morgan fingerprint density at radius 3 is 1.11 bits per heavy atom. The fourth-order valence-electron chi connectivity index (χ4n) is 4.67. The van der Waals surface area contributed by atoms with Crippen molar-refractivity contribution in [2.24, 2.45) is 0 Å². The number of aromatic nitrogens is 1. The van der Waals surface area contributed by atoms with E-state index >= 15 is 0 Å². The number of rotatable bonds is 26. The van der Waals surface area contributed by atoms with Crippen molar-refractivity contribution in [3.05, 3.63) is 29.6 Å². The van der Waals surface area contributed by atoms with Gasteiger partial charge in [-0.25, -0.2) is 14.6 Å². The fourth-order valence-corrected chi connectivity index (χ4v) is 4.67. The lowest BCUT2D eigenvalue weighted by atomic mass is 10.1. The lowest BCUT2D eigenvalue weighted by Gasteiger charge is -2.07. The summed E-state index contributed by atoms with van der Waals surface area (Å²) in [6, 6.07) is 4.83. The van der Waals surface area contributed by atoms with Crippen molar-refractivity contribution in [1.29, 1.82) is 0 Å². The summed E-state index contributed by atoms with van der Waals surface area (Å²) in [6.07, 6.45) is 27.6. The molecule has 5 nitrogen and oxygen atoms in total. The van der Waals surface area contributed by atoms with Crippen LogP contribution in [0.2, 0.25) is 0 Å². The Kier molecular flexibility index (Phi) is 22.8. The maximum atomic E-state index is 12.3. The van der Waals surface area contributed by atoms with Gasteiger partial charge in [0, 0.05) is 0 Å². The van der Waals surface area contributed by atoms with Crippen LogP contribution >= 0.6 is 0 Å². The van der Waals surface area contributed by atoms with Crippen LogP contribution in [0.5, 0.6) is 0 Å². The van der Waals surface area contributed by atoms with Gasteiger partial charge in [0.25, 0.3) is 0 Å². The van der Waals surface area contributed by atoms with Crippen LogP contribution < -0.4 is 0 Å². The van der Waals surface area contributed by atoms with Crippen LogP contribution in [-0.4, -0.2) is 30.1 Å². The summed E-state index contributed by atoms with van der Waals surface area (Å²) in [5.41, 5.74) is 0.328. The predicted octanol–water partition coefficient (Wildman–Crippen LogP) is 10.0. The molecule has 38 heavy (non-hydrogen) atoms. The van der Waals surface area contributed by atoms with Gasteiger partial charge in [-0.15, -0.1) is 0 Å². The van der Waals surface area contributed by atoms with Gasteiger partial charge in [0.1, 0.15) is 11.4 Å². The van der Waals surface area contributed by atoms with E-state index in [4.69, 9.17) is 9.47 Å². The molecule has 5 heteroatoms. The topological polar surface area (TPSA) is 65.5 Å². The van der Waals surface area contributed by atoms with Gasteiger partial charge in [0.2, 0.25) is 0 Å². The number of unbranched alkanes of at least 4 members (excludes halogenated alkanes) is 20. The van der Waals surface area contributed by atoms with E-state index in [1.807, 2.05) is 0 Å². The molecule has 1 heterocycles. The molecule has 1 aromatic rings. The van der Waals surface area contributed by atoms with Crippen molar-refractivity contribution in [1.82, 2.24) is 4.98 Å². The second kappa shape index (κ2) is 25.4. The third-order valence-electron chi connectivity index (χ3n) is 7.13. The maximum Gasteiger partial charge on any atom is 0.356 e. The van der Waals surface area contributed by atoms with Crippen molar-refractivity contribution in [2.75, 3.05) is 13.2 Å². The average Bonchev–Trinajstić information content (AvgIpc) is 2.94. The number of pyridine rings is 1. The Balaban J connectivity index is 2.06. The van der Waals surface area contributed by atoms with E-state index in [-0.39, 0.29) is 11.4 Å². The zero-order valence-corrected chi connectivity index (χ0v) is 24.8. The van der Waals surface area contributed by atoms with Gasteiger partial charge in [-0.05, 0) is 25.0 Å². The van der Waals surface area contributed by atoms with E-state index in [2.05, 4.69) is 18.8 Å².